The highest BCUT2D eigenvalue weighted by Gasteiger charge is 2.34. The summed E-state index contributed by atoms with van der Waals surface area (Å²) < 4.78 is 46.5. The first-order valence-corrected chi connectivity index (χ1v) is 11.4. The topological polar surface area (TPSA) is 91.8 Å². The minimum atomic E-state index is -4.52. The summed E-state index contributed by atoms with van der Waals surface area (Å²) in [5, 5.41) is 10.9. The third-order valence-electron chi connectivity index (χ3n) is 5.85. The maximum absolute atomic E-state index is 13.7. The van der Waals surface area contributed by atoms with E-state index in [0.29, 0.717) is 42.6 Å². The maximum Gasteiger partial charge on any atom is 0.417 e. The van der Waals surface area contributed by atoms with E-state index in [0.717, 1.165) is 37.5 Å². The number of ether oxygens (including phenoxy) is 1. The first kappa shape index (κ1) is 23.2. The van der Waals surface area contributed by atoms with Crippen LogP contribution in [0.2, 0.25) is 0 Å². The fourth-order valence-corrected chi connectivity index (χ4v) is 4.12. The Kier molecular flexibility index (Phi) is 6.60. The van der Waals surface area contributed by atoms with E-state index in [-0.39, 0.29) is 11.4 Å². The number of fused-ring (bicyclic) bond motifs is 1. The third-order valence-corrected chi connectivity index (χ3v) is 5.85. The number of hydrogen-bond acceptors (Lipinski definition) is 7. The Balaban J connectivity index is 1.47. The number of halogens is 3. The Morgan fingerprint density at radius 3 is 2.71 bits per heavy atom. The molecule has 0 saturated carbocycles. The van der Waals surface area contributed by atoms with Crippen molar-refractivity contribution in [3.05, 3.63) is 59.9 Å². The summed E-state index contributed by atoms with van der Waals surface area (Å²) in [6.07, 6.45) is -1.48. The number of hydrogen-bond donors (Lipinski definition) is 2. The molecule has 11 heteroatoms. The van der Waals surface area contributed by atoms with Crippen molar-refractivity contribution in [1.82, 2.24) is 30.0 Å². The Hall–Kier alpha value is -3.57. The summed E-state index contributed by atoms with van der Waals surface area (Å²) in [5.41, 5.74) is 0.351. The van der Waals surface area contributed by atoms with Gasteiger partial charge < -0.3 is 10.1 Å². The van der Waals surface area contributed by atoms with Crippen molar-refractivity contribution in [2.75, 3.05) is 38.2 Å². The fraction of sp³-hybridized carbons (Fsp3) is 0.333. The molecular weight excluding hydrogens is 459 g/mol. The van der Waals surface area contributed by atoms with Gasteiger partial charge in [0.1, 0.15) is 11.6 Å². The number of alkyl halides is 3. The molecule has 8 nitrogen and oxygen atoms in total. The second-order valence-electron chi connectivity index (χ2n) is 8.27. The van der Waals surface area contributed by atoms with Gasteiger partial charge in [-0.25, -0.2) is 15.0 Å². The smallest absolute Gasteiger partial charge is 0.379 e. The molecule has 1 aromatic carbocycles. The highest BCUT2D eigenvalue weighted by Crippen LogP contribution is 2.36. The number of nitrogens with zero attached hydrogens (tertiary/aromatic N) is 5. The van der Waals surface area contributed by atoms with E-state index >= 15 is 0 Å². The van der Waals surface area contributed by atoms with Crippen molar-refractivity contribution >= 4 is 22.7 Å². The van der Waals surface area contributed by atoms with E-state index in [1.807, 2.05) is 6.07 Å². The molecule has 35 heavy (non-hydrogen) atoms. The molecule has 2 N–H and O–H groups in total. The summed E-state index contributed by atoms with van der Waals surface area (Å²) in [6.45, 7) is 4.05. The Bertz CT molecular complexity index is 1300. The quantitative estimate of drug-likeness (QED) is 0.402. The number of morpholine rings is 1. The van der Waals surface area contributed by atoms with E-state index in [4.69, 9.17) is 4.74 Å². The summed E-state index contributed by atoms with van der Waals surface area (Å²) in [7, 11) is 0. The molecule has 0 spiro atoms. The van der Waals surface area contributed by atoms with Crippen LogP contribution in [0.5, 0.6) is 0 Å². The predicted molar refractivity (Wildman–Crippen MR) is 125 cm³/mol. The van der Waals surface area contributed by atoms with Crippen LogP contribution in [0.3, 0.4) is 0 Å². The van der Waals surface area contributed by atoms with Crippen LogP contribution in [0.4, 0.5) is 24.8 Å². The van der Waals surface area contributed by atoms with Crippen LogP contribution in [0.25, 0.3) is 22.4 Å². The predicted octanol–water partition coefficient (Wildman–Crippen LogP) is 4.44. The van der Waals surface area contributed by atoms with E-state index in [1.54, 1.807) is 24.4 Å². The second-order valence-corrected chi connectivity index (χ2v) is 8.27. The van der Waals surface area contributed by atoms with E-state index in [2.05, 4.69) is 35.4 Å². The lowest BCUT2D eigenvalue weighted by Gasteiger charge is -2.26. The minimum absolute atomic E-state index is 0.0197. The lowest BCUT2D eigenvalue weighted by atomic mass is 10.1. The van der Waals surface area contributed by atoms with Crippen molar-refractivity contribution in [1.29, 1.82) is 0 Å². The van der Waals surface area contributed by atoms with E-state index < -0.39 is 11.7 Å². The van der Waals surface area contributed by atoms with Gasteiger partial charge in [-0.2, -0.15) is 18.3 Å². The van der Waals surface area contributed by atoms with Crippen LogP contribution in [0.1, 0.15) is 17.7 Å². The van der Waals surface area contributed by atoms with Crippen LogP contribution in [-0.2, 0) is 17.3 Å². The molecule has 4 aromatic rings. The minimum Gasteiger partial charge on any atom is -0.379 e. The zero-order valence-electron chi connectivity index (χ0n) is 18.8. The van der Waals surface area contributed by atoms with Crippen molar-refractivity contribution < 1.29 is 17.9 Å². The third kappa shape index (κ3) is 5.41. The lowest BCUT2D eigenvalue weighted by Crippen LogP contribution is -2.36. The van der Waals surface area contributed by atoms with Crippen LogP contribution in [0.15, 0.2) is 48.7 Å². The summed E-state index contributed by atoms with van der Waals surface area (Å²) in [4.78, 5) is 15.5. The number of rotatable bonds is 7. The van der Waals surface area contributed by atoms with Gasteiger partial charge in [-0.15, -0.1) is 0 Å². The average molecular weight is 483 g/mol. The Morgan fingerprint density at radius 2 is 1.89 bits per heavy atom. The molecule has 0 radical (unpaired) electrons. The molecule has 1 saturated heterocycles. The zero-order valence-corrected chi connectivity index (χ0v) is 18.8. The van der Waals surface area contributed by atoms with Crippen molar-refractivity contribution in [2.24, 2.45) is 0 Å². The molecule has 5 rings (SSSR count). The SMILES string of the molecule is FC(F)(F)c1ccccc1-c1nc(CCCN2CCOCC2)cc(Nc2[nH]nc3ncccc23)n1. The van der Waals surface area contributed by atoms with Crippen LogP contribution >= 0.6 is 0 Å². The summed E-state index contributed by atoms with van der Waals surface area (Å²) in [6, 6.07) is 10.8. The lowest BCUT2D eigenvalue weighted by molar-refractivity contribution is -0.137. The van der Waals surface area contributed by atoms with Gasteiger partial charge in [0.2, 0.25) is 0 Å². The molecule has 0 bridgehead atoms. The van der Waals surface area contributed by atoms with Gasteiger partial charge in [-0.05, 0) is 37.6 Å². The number of benzene rings is 1. The molecule has 3 aromatic heterocycles. The normalized spacial score (nSPS) is 14.9. The monoisotopic (exact) mass is 483 g/mol. The van der Waals surface area contributed by atoms with Gasteiger partial charge in [0.05, 0.1) is 24.2 Å². The highest BCUT2D eigenvalue weighted by molar-refractivity contribution is 5.88. The van der Waals surface area contributed by atoms with Crippen LogP contribution < -0.4 is 5.32 Å². The fourth-order valence-electron chi connectivity index (χ4n) is 4.12. The number of pyridine rings is 1. The second kappa shape index (κ2) is 9.96. The Labute approximate surface area is 199 Å². The average Bonchev–Trinajstić information content (AvgIpc) is 3.27. The molecule has 1 aliphatic heterocycles. The molecule has 0 aliphatic carbocycles. The Morgan fingerprint density at radius 1 is 1.06 bits per heavy atom. The first-order chi connectivity index (χ1) is 17.0. The van der Waals surface area contributed by atoms with Gasteiger partial charge in [-0.3, -0.25) is 10.00 Å². The number of H-pyrrole nitrogens is 1. The highest BCUT2D eigenvalue weighted by atomic mass is 19.4. The number of aryl methyl sites for hydroxylation is 1. The molecule has 0 atom stereocenters. The largest absolute Gasteiger partial charge is 0.417 e. The zero-order chi connectivity index (χ0) is 24.3. The van der Waals surface area contributed by atoms with Crippen LogP contribution in [-0.4, -0.2) is 62.9 Å². The summed E-state index contributed by atoms with van der Waals surface area (Å²) >= 11 is 0. The summed E-state index contributed by atoms with van der Waals surface area (Å²) in [5.74, 6) is 0.954. The number of nitrogens with one attached hydrogen (secondary N) is 2. The van der Waals surface area contributed by atoms with Gasteiger partial charge in [0.15, 0.2) is 11.5 Å². The number of aromatic amines is 1. The van der Waals surface area contributed by atoms with Gasteiger partial charge in [0, 0.05) is 36.6 Å². The molecule has 182 valence electrons. The van der Waals surface area contributed by atoms with Gasteiger partial charge in [0.25, 0.3) is 0 Å². The molecule has 4 heterocycles. The van der Waals surface area contributed by atoms with E-state index in [9.17, 15) is 13.2 Å². The molecule has 1 fully saturated rings. The van der Waals surface area contributed by atoms with Gasteiger partial charge in [-0.1, -0.05) is 18.2 Å². The maximum atomic E-state index is 13.7. The van der Waals surface area contributed by atoms with Crippen molar-refractivity contribution in [3.63, 3.8) is 0 Å². The number of anilines is 2. The van der Waals surface area contributed by atoms with Crippen LogP contribution in [0, 0.1) is 0 Å². The number of aromatic nitrogens is 5. The van der Waals surface area contributed by atoms with Gasteiger partial charge >= 0.3 is 6.18 Å². The van der Waals surface area contributed by atoms with E-state index in [1.165, 1.54) is 12.1 Å². The molecule has 0 unspecified atom stereocenters. The first-order valence-electron chi connectivity index (χ1n) is 11.4. The molecule has 0 amide bonds. The van der Waals surface area contributed by atoms with Crippen molar-refractivity contribution in [2.45, 2.75) is 19.0 Å². The van der Waals surface area contributed by atoms with Crippen molar-refractivity contribution in [3.8, 4) is 11.4 Å². The molecule has 1 aliphatic rings. The standard InChI is InChI=1S/C24H24F3N7O/c25-24(26,27)19-8-2-1-6-17(19)22-29-16(5-4-10-34-11-13-35-14-12-34)15-20(30-22)31-23-18-7-3-9-28-21(18)32-33-23/h1-3,6-9,15H,4-5,10-14H2,(H2,28,29,30,31,32,33). The molecular formula is C24H24F3N7O.